The molecule has 0 fully saturated rings. The highest BCUT2D eigenvalue weighted by Crippen LogP contribution is 2.33. The summed E-state index contributed by atoms with van der Waals surface area (Å²) in [7, 11) is 0. The van der Waals surface area contributed by atoms with Gasteiger partial charge >= 0.3 is 6.03 Å². The summed E-state index contributed by atoms with van der Waals surface area (Å²) < 4.78 is 38.8. The predicted molar refractivity (Wildman–Crippen MR) is 99.9 cm³/mol. The third-order valence-electron chi connectivity index (χ3n) is 4.45. The van der Waals surface area contributed by atoms with Crippen LogP contribution in [0.4, 0.5) is 19.3 Å². The number of nitrogens with one attached hydrogen (secondary N) is 1. The third kappa shape index (κ3) is 3.40. The molecule has 4 rings (SSSR count). The number of fused-ring (bicyclic) bond motifs is 1. The molecular weight excluding hydrogens is 368 g/mol. The van der Waals surface area contributed by atoms with Crippen molar-refractivity contribution in [2.45, 2.75) is 6.92 Å². The highest BCUT2D eigenvalue weighted by Gasteiger charge is 2.23. The third-order valence-corrected chi connectivity index (χ3v) is 4.45. The summed E-state index contributed by atoms with van der Waals surface area (Å²) in [4.78, 5) is 18.1. The molecule has 2 aliphatic heterocycles. The number of nitrogens with zero attached hydrogens (tertiary/aromatic N) is 2. The summed E-state index contributed by atoms with van der Waals surface area (Å²) in [6, 6.07) is 6.42. The molecule has 0 unspecified atom stereocenters. The average molecular weight is 385 g/mol. The number of hydrogen-bond acceptors (Lipinski definition) is 4. The van der Waals surface area contributed by atoms with E-state index >= 15 is 0 Å². The number of aliphatic imine (C=N–C) groups is 1. The van der Waals surface area contributed by atoms with Crippen molar-refractivity contribution in [2.75, 3.05) is 25.1 Å². The molecule has 0 aliphatic carbocycles. The van der Waals surface area contributed by atoms with Gasteiger partial charge in [-0.25, -0.2) is 13.6 Å². The number of rotatable bonds is 2. The van der Waals surface area contributed by atoms with Crippen LogP contribution in [0.1, 0.15) is 11.1 Å². The van der Waals surface area contributed by atoms with Crippen LogP contribution in [-0.4, -0.2) is 36.4 Å². The van der Waals surface area contributed by atoms with Gasteiger partial charge in [0, 0.05) is 18.0 Å². The van der Waals surface area contributed by atoms with Crippen LogP contribution in [0.2, 0.25) is 0 Å². The Balaban J connectivity index is 1.54. The van der Waals surface area contributed by atoms with Gasteiger partial charge in [0.2, 0.25) is 0 Å². The number of benzene rings is 2. The van der Waals surface area contributed by atoms with Crippen LogP contribution in [-0.2, 0) is 0 Å². The molecule has 0 atom stereocenters. The maximum atomic E-state index is 13.8. The van der Waals surface area contributed by atoms with Gasteiger partial charge in [0.15, 0.2) is 11.5 Å². The SMILES string of the molecule is Cc1cc2c(cc1C1=NC=CN(C(=O)Nc3c(F)cccc3F)C1)OCCO2. The molecule has 0 aromatic heterocycles. The quantitative estimate of drug-likeness (QED) is 0.854. The van der Waals surface area contributed by atoms with E-state index in [-0.39, 0.29) is 6.54 Å². The number of urea groups is 1. The minimum absolute atomic E-state index is 0.138. The lowest BCUT2D eigenvalue weighted by atomic mass is 10.0. The van der Waals surface area contributed by atoms with Gasteiger partial charge in [-0.3, -0.25) is 9.89 Å². The molecule has 8 heteroatoms. The van der Waals surface area contributed by atoms with Crippen LogP contribution in [0.5, 0.6) is 11.5 Å². The Morgan fingerprint density at radius 1 is 1.14 bits per heavy atom. The highest BCUT2D eigenvalue weighted by molar-refractivity contribution is 6.06. The molecule has 144 valence electrons. The lowest BCUT2D eigenvalue weighted by molar-refractivity contribution is 0.171. The van der Waals surface area contributed by atoms with Crippen molar-refractivity contribution in [2.24, 2.45) is 4.99 Å². The molecule has 1 N–H and O–H groups in total. The Kier molecular flexibility index (Phi) is 4.68. The van der Waals surface area contributed by atoms with Crippen LogP contribution in [0.3, 0.4) is 0 Å². The minimum Gasteiger partial charge on any atom is -0.486 e. The second-order valence-corrected chi connectivity index (χ2v) is 6.34. The van der Waals surface area contributed by atoms with Gasteiger partial charge in [0.25, 0.3) is 0 Å². The van der Waals surface area contributed by atoms with Crippen molar-refractivity contribution in [3.63, 3.8) is 0 Å². The minimum atomic E-state index is -0.842. The average Bonchev–Trinajstić information content (AvgIpc) is 2.70. The number of carbonyl (C=O) groups excluding carboxylic acids is 1. The molecule has 0 saturated heterocycles. The molecule has 2 aliphatic rings. The van der Waals surface area contributed by atoms with Gasteiger partial charge in [-0.05, 0) is 36.8 Å². The van der Waals surface area contributed by atoms with Crippen LogP contribution >= 0.6 is 0 Å². The number of anilines is 1. The van der Waals surface area contributed by atoms with E-state index < -0.39 is 23.4 Å². The highest BCUT2D eigenvalue weighted by atomic mass is 19.1. The Bertz CT molecular complexity index is 984. The topological polar surface area (TPSA) is 63.2 Å². The van der Waals surface area contributed by atoms with Crippen molar-refractivity contribution in [3.8, 4) is 11.5 Å². The molecule has 0 spiro atoms. The van der Waals surface area contributed by atoms with Crippen LogP contribution in [0, 0.1) is 18.6 Å². The van der Waals surface area contributed by atoms with E-state index in [2.05, 4.69) is 10.3 Å². The summed E-state index contributed by atoms with van der Waals surface area (Å²) in [5.41, 5.74) is 1.86. The molecule has 0 saturated carbocycles. The van der Waals surface area contributed by atoms with E-state index in [4.69, 9.17) is 9.47 Å². The summed E-state index contributed by atoms with van der Waals surface area (Å²) >= 11 is 0. The zero-order valence-electron chi connectivity index (χ0n) is 15.0. The summed E-state index contributed by atoms with van der Waals surface area (Å²) in [5, 5.41) is 2.27. The van der Waals surface area contributed by atoms with Crippen LogP contribution in [0.15, 0.2) is 47.7 Å². The van der Waals surface area contributed by atoms with Crippen molar-refractivity contribution in [1.82, 2.24) is 4.90 Å². The number of aryl methyl sites for hydroxylation is 1. The van der Waals surface area contributed by atoms with Crippen LogP contribution < -0.4 is 14.8 Å². The Morgan fingerprint density at radius 2 is 1.82 bits per heavy atom. The zero-order valence-corrected chi connectivity index (χ0v) is 15.0. The fraction of sp³-hybridized carbons (Fsp3) is 0.200. The molecule has 2 amide bonds. The van der Waals surface area contributed by atoms with Gasteiger partial charge in [0.05, 0.1) is 12.3 Å². The van der Waals surface area contributed by atoms with E-state index in [9.17, 15) is 13.6 Å². The number of hydrogen-bond donors (Lipinski definition) is 1. The van der Waals surface area contributed by atoms with E-state index in [1.54, 1.807) is 0 Å². The van der Waals surface area contributed by atoms with E-state index in [0.717, 1.165) is 23.3 Å². The van der Waals surface area contributed by atoms with Crippen molar-refractivity contribution in [3.05, 3.63) is 65.5 Å². The number of para-hydroxylation sites is 1. The molecule has 6 nitrogen and oxygen atoms in total. The zero-order chi connectivity index (χ0) is 19.7. The largest absolute Gasteiger partial charge is 0.486 e. The number of halogens is 2. The van der Waals surface area contributed by atoms with Crippen molar-refractivity contribution in [1.29, 1.82) is 0 Å². The molecular formula is C20H17F2N3O3. The first kappa shape index (κ1) is 18.0. The first-order valence-corrected chi connectivity index (χ1v) is 8.68. The van der Waals surface area contributed by atoms with E-state index in [1.165, 1.54) is 23.4 Å². The maximum absolute atomic E-state index is 13.8. The Hall–Kier alpha value is -3.42. The normalized spacial score (nSPS) is 15.2. The lowest BCUT2D eigenvalue weighted by Crippen LogP contribution is -2.37. The molecule has 28 heavy (non-hydrogen) atoms. The summed E-state index contributed by atoms with van der Waals surface area (Å²) in [6.45, 7) is 3.01. The lowest BCUT2D eigenvalue weighted by Gasteiger charge is -2.25. The van der Waals surface area contributed by atoms with Gasteiger partial charge in [-0.15, -0.1) is 0 Å². The smallest absolute Gasteiger partial charge is 0.326 e. The van der Waals surface area contributed by atoms with Gasteiger partial charge in [-0.1, -0.05) is 6.07 Å². The Morgan fingerprint density at radius 3 is 2.54 bits per heavy atom. The molecule has 2 aromatic carbocycles. The molecule has 2 heterocycles. The van der Waals surface area contributed by atoms with Gasteiger partial charge in [-0.2, -0.15) is 0 Å². The first-order valence-electron chi connectivity index (χ1n) is 8.68. The van der Waals surface area contributed by atoms with Gasteiger partial charge in [0.1, 0.15) is 30.5 Å². The first-order chi connectivity index (χ1) is 13.5. The van der Waals surface area contributed by atoms with Gasteiger partial charge < -0.3 is 14.8 Å². The fourth-order valence-electron chi connectivity index (χ4n) is 3.05. The maximum Gasteiger partial charge on any atom is 0.326 e. The number of amides is 2. The standard InChI is InChI=1S/C20H17F2N3O3/c1-12-9-17-18(28-8-7-27-17)10-13(12)16-11-25(6-5-23-16)20(26)24-19-14(21)3-2-4-15(19)22/h2-6,9-10H,7-8,11H2,1H3,(H,24,26). The Labute approximate surface area is 160 Å². The fourth-order valence-corrected chi connectivity index (χ4v) is 3.05. The number of ether oxygens (including phenoxy) is 2. The summed E-state index contributed by atoms with van der Waals surface area (Å²) in [5.74, 6) is -0.394. The van der Waals surface area contributed by atoms with E-state index in [0.29, 0.717) is 30.4 Å². The second kappa shape index (κ2) is 7.30. The molecule has 0 bridgehead atoms. The van der Waals surface area contributed by atoms with E-state index in [1.807, 2.05) is 19.1 Å². The monoisotopic (exact) mass is 385 g/mol. The van der Waals surface area contributed by atoms with Crippen LogP contribution in [0.25, 0.3) is 0 Å². The van der Waals surface area contributed by atoms with Crippen molar-refractivity contribution < 1.29 is 23.0 Å². The predicted octanol–water partition coefficient (Wildman–Crippen LogP) is 3.85. The second-order valence-electron chi connectivity index (χ2n) is 6.34. The number of carbonyl (C=O) groups is 1. The molecule has 2 aromatic rings. The molecule has 0 radical (unpaired) electrons. The van der Waals surface area contributed by atoms with Crippen molar-refractivity contribution >= 4 is 17.4 Å². The summed E-state index contributed by atoms with van der Waals surface area (Å²) in [6.07, 6.45) is 2.91.